The van der Waals surface area contributed by atoms with Gasteiger partial charge in [-0.15, -0.1) is 0 Å². The molecule has 0 aromatic carbocycles. The molecule has 2 heteroatoms. The Balaban J connectivity index is 2.33. The number of rotatable bonds is 4. The quantitative estimate of drug-likeness (QED) is 0.773. The molecule has 14 heavy (non-hydrogen) atoms. The highest BCUT2D eigenvalue weighted by Crippen LogP contribution is 2.28. The van der Waals surface area contributed by atoms with Crippen molar-refractivity contribution >= 4 is 11.8 Å². The zero-order valence-electron chi connectivity index (χ0n) is 10.0. The molecular weight excluding hydrogens is 190 g/mol. The van der Waals surface area contributed by atoms with E-state index in [1.807, 2.05) is 11.8 Å². The molecule has 0 amide bonds. The van der Waals surface area contributed by atoms with Crippen molar-refractivity contribution in [3.63, 3.8) is 0 Å². The fourth-order valence-corrected chi connectivity index (χ4v) is 3.02. The molecule has 0 bridgehead atoms. The molecule has 1 saturated carbocycles. The fourth-order valence-electron chi connectivity index (χ4n) is 2.43. The van der Waals surface area contributed by atoms with Gasteiger partial charge in [-0.3, -0.25) is 0 Å². The summed E-state index contributed by atoms with van der Waals surface area (Å²) in [5.74, 6) is 3.03. The number of nitrogens with one attached hydrogen (secondary N) is 1. The second kappa shape index (κ2) is 6.02. The predicted molar refractivity (Wildman–Crippen MR) is 66.9 cm³/mol. The summed E-state index contributed by atoms with van der Waals surface area (Å²) >= 11 is 1.94. The van der Waals surface area contributed by atoms with Gasteiger partial charge < -0.3 is 5.32 Å². The van der Waals surface area contributed by atoms with Crippen molar-refractivity contribution in [2.45, 2.75) is 52.1 Å². The van der Waals surface area contributed by atoms with Crippen LogP contribution in [0.15, 0.2) is 0 Å². The predicted octanol–water partition coefficient (Wildman–Crippen LogP) is 3.15. The average Bonchev–Trinajstić information content (AvgIpc) is 2.12. The molecule has 4 atom stereocenters. The molecule has 0 saturated heterocycles. The summed E-state index contributed by atoms with van der Waals surface area (Å²) in [5, 5.41) is 3.78. The van der Waals surface area contributed by atoms with Crippen molar-refractivity contribution in [3.05, 3.63) is 0 Å². The molecule has 0 heterocycles. The van der Waals surface area contributed by atoms with Gasteiger partial charge in [0.25, 0.3) is 0 Å². The van der Waals surface area contributed by atoms with Crippen LogP contribution in [-0.4, -0.2) is 24.1 Å². The molecule has 1 aliphatic carbocycles. The van der Waals surface area contributed by atoms with Gasteiger partial charge in [-0.25, -0.2) is 0 Å². The smallest absolute Gasteiger partial charge is 0.0132 e. The third kappa shape index (κ3) is 3.82. The Hall–Kier alpha value is 0.310. The Labute approximate surface area is 93.4 Å². The van der Waals surface area contributed by atoms with Gasteiger partial charge >= 0.3 is 0 Å². The van der Waals surface area contributed by atoms with Crippen LogP contribution in [0.3, 0.4) is 0 Å². The van der Waals surface area contributed by atoms with E-state index in [9.17, 15) is 0 Å². The lowest BCUT2D eigenvalue weighted by Crippen LogP contribution is -2.44. The lowest BCUT2D eigenvalue weighted by molar-refractivity contribution is 0.219. The molecule has 1 N–H and O–H groups in total. The highest BCUT2D eigenvalue weighted by atomic mass is 32.2. The number of hydrogen-bond acceptors (Lipinski definition) is 2. The first-order valence-electron chi connectivity index (χ1n) is 5.88. The maximum absolute atomic E-state index is 3.78. The molecule has 1 nitrogen and oxygen atoms in total. The zero-order valence-corrected chi connectivity index (χ0v) is 10.9. The highest BCUT2D eigenvalue weighted by molar-refractivity contribution is 7.98. The molecule has 0 aromatic heterocycles. The van der Waals surface area contributed by atoms with Gasteiger partial charge in [0, 0.05) is 17.8 Å². The number of thioether (sulfide) groups is 1. The van der Waals surface area contributed by atoms with Gasteiger partial charge in [0.2, 0.25) is 0 Å². The SMILES string of the molecule is CSCC(C)NC1CC(C)CCC1C. The number of hydrogen-bond donors (Lipinski definition) is 1. The Morgan fingerprint density at radius 1 is 1.36 bits per heavy atom. The molecule has 0 aromatic rings. The van der Waals surface area contributed by atoms with E-state index >= 15 is 0 Å². The second-order valence-electron chi connectivity index (χ2n) is 5.03. The van der Waals surface area contributed by atoms with Gasteiger partial charge in [-0.05, 0) is 37.9 Å². The van der Waals surface area contributed by atoms with Crippen LogP contribution in [0.25, 0.3) is 0 Å². The van der Waals surface area contributed by atoms with E-state index < -0.39 is 0 Å². The van der Waals surface area contributed by atoms with Crippen molar-refractivity contribution in [1.82, 2.24) is 5.32 Å². The standard InChI is InChI=1S/C12H25NS/c1-9-5-6-10(2)12(7-9)13-11(3)8-14-4/h9-13H,5-8H2,1-4H3. The second-order valence-corrected chi connectivity index (χ2v) is 5.94. The van der Waals surface area contributed by atoms with Crippen LogP contribution in [0, 0.1) is 11.8 Å². The van der Waals surface area contributed by atoms with E-state index in [2.05, 4.69) is 32.3 Å². The Bertz CT molecular complexity index is 160. The first-order chi connectivity index (χ1) is 6.63. The minimum absolute atomic E-state index is 0.669. The molecule has 1 aliphatic rings. The maximum atomic E-state index is 3.78. The molecule has 0 aliphatic heterocycles. The molecule has 0 radical (unpaired) electrons. The van der Waals surface area contributed by atoms with E-state index in [1.165, 1.54) is 25.0 Å². The van der Waals surface area contributed by atoms with Crippen LogP contribution in [0.4, 0.5) is 0 Å². The fraction of sp³-hybridized carbons (Fsp3) is 1.00. The van der Waals surface area contributed by atoms with E-state index in [0.29, 0.717) is 6.04 Å². The van der Waals surface area contributed by atoms with Crippen molar-refractivity contribution in [2.24, 2.45) is 11.8 Å². The van der Waals surface area contributed by atoms with Gasteiger partial charge in [0.05, 0.1) is 0 Å². The van der Waals surface area contributed by atoms with E-state index in [-0.39, 0.29) is 0 Å². The minimum atomic E-state index is 0.669. The van der Waals surface area contributed by atoms with Crippen LogP contribution < -0.4 is 5.32 Å². The minimum Gasteiger partial charge on any atom is -0.310 e. The van der Waals surface area contributed by atoms with Crippen LogP contribution in [0.2, 0.25) is 0 Å². The van der Waals surface area contributed by atoms with Crippen molar-refractivity contribution in [1.29, 1.82) is 0 Å². The largest absolute Gasteiger partial charge is 0.310 e. The Kier molecular flexibility index (Phi) is 5.32. The van der Waals surface area contributed by atoms with Gasteiger partial charge in [0.1, 0.15) is 0 Å². The van der Waals surface area contributed by atoms with Gasteiger partial charge in [0.15, 0.2) is 0 Å². The maximum Gasteiger partial charge on any atom is 0.0132 e. The first-order valence-corrected chi connectivity index (χ1v) is 7.27. The first kappa shape index (κ1) is 12.4. The monoisotopic (exact) mass is 215 g/mol. The summed E-state index contributed by atoms with van der Waals surface area (Å²) in [6.07, 6.45) is 6.39. The third-order valence-electron chi connectivity index (χ3n) is 3.37. The lowest BCUT2D eigenvalue weighted by atomic mass is 9.80. The summed E-state index contributed by atoms with van der Waals surface area (Å²) in [5.41, 5.74) is 0. The Morgan fingerprint density at radius 3 is 2.71 bits per heavy atom. The third-order valence-corrected chi connectivity index (χ3v) is 4.21. The van der Waals surface area contributed by atoms with E-state index in [0.717, 1.165) is 17.9 Å². The van der Waals surface area contributed by atoms with Crippen molar-refractivity contribution < 1.29 is 0 Å². The lowest BCUT2D eigenvalue weighted by Gasteiger charge is -2.35. The van der Waals surface area contributed by atoms with Crippen LogP contribution in [0.5, 0.6) is 0 Å². The van der Waals surface area contributed by atoms with Crippen molar-refractivity contribution in [3.8, 4) is 0 Å². The molecule has 1 rings (SSSR count). The Morgan fingerprint density at radius 2 is 2.07 bits per heavy atom. The molecule has 4 unspecified atom stereocenters. The van der Waals surface area contributed by atoms with E-state index in [1.54, 1.807) is 0 Å². The summed E-state index contributed by atoms with van der Waals surface area (Å²) in [6.45, 7) is 7.09. The molecule has 1 fully saturated rings. The summed E-state index contributed by atoms with van der Waals surface area (Å²) < 4.78 is 0. The zero-order chi connectivity index (χ0) is 10.6. The summed E-state index contributed by atoms with van der Waals surface area (Å²) in [7, 11) is 0. The average molecular weight is 215 g/mol. The van der Waals surface area contributed by atoms with Gasteiger partial charge in [-0.1, -0.05) is 20.3 Å². The molecular formula is C12H25NS. The van der Waals surface area contributed by atoms with Crippen molar-refractivity contribution in [2.75, 3.05) is 12.0 Å². The van der Waals surface area contributed by atoms with Crippen LogP contribution in [-0.2, 0) is 0 Å². The normalized spacial score (nSPS) is 35.6. The topological polar surface area (TPSA) is 12.0 Å². The summed E-state index contributed by atoms with van der Waals surface area (Å²) in [6, 6.07) is 1.43. The molecule has 0 spiro atoms. The van der Waals surface area contributed by atoms with E-state index in [4.69, 9.17) is 0 Å². The summed E-state index contributed by atoms with van der Waals surface area (Å²) in [4.78, 5) is 0. The van der Waals surface area contributed by atoms with Gasteiger partial charge in [-0.2, -0.15) is 11.8 Å². The molecule has 84 valence electrons. The van der Waals surface area contributed by atoms with Crippen LogP contribution in [0.1, 0.15) is 40.0 Å². The highest BCUT2D eigenvalue weighted by Gasteiger charge is 2.25. The van der Waals surface area contributed by atoms with Crippen LogP contribution >= 0.6 is 11.8 Å².